The summed E-state index contributed by atoms with van der Waals surface area (Å²) in [5, 5.41) is 7.57. The summed E-state index contributed by atoms with van der Waals surface area (Å²) >= 11 is 0. The normalized spacial score (nSPS) is 12.2. The minimum atomic E-state index is -0.651. The molecule has 0 amide bonds. The van der Waals surface area contributed by atoms with Gasteiger partial charge in [-0.25, -0.2) is 9.59 Å². The minimum absolute atomic E-state index is 0.260. The molecule has 152 valence electrons. The molecule has 0 saturated heterocycles. The van der Waals surface area contributed by atoms with Crippen molar-refractivity contribution in [2.75, 3.05) is 14.2 Å². The lowest BCUT2D eigenvalue weighted by molar-refractivity contribution is 0.0507. The van der Waals surface area contributed by atoms with Crippen LogP contribution in [0.2, 0.25) is 0 Å². The van der Waals surface area contributed by atoms with Crippen LogP contribution in [-0.4, -0.2) is 37.6 Å². The molecule has 30 heavy (non-hydrogen) atoms. The van der Waals surface area contributed by atoms with E-state index in [0.29, 0.717) is 28.5 Å². The van der Waals surface area contributed by atoms with Gasteiger partial charge < -0.3 is 19.1 Å². The lowest BCUT2D eigenvalue weighted by Gasteiger charge is -2.08. The van der Waals surface area contributed by atoms with Crippen molar-refractivity contribution in [1.29, 1.82) is 0 Å². The fourth-order valence-electron chi connectivity index (χ4n) is 2.41. The Hall–Kier alpha value is -4.20. The van der Waals surface area contributed by atoms with Gasteiger partial charge in [0.2, 0.25) is 0 Å². The minimum Gasteiger partial charge on any atom is -0.493 e. The van der Waals surface area contributed by atoms with E-state index in [0.717, 1.165) is 0 Å². The molecule has 8 heteroatoms. The molecular formula is C22H18N2O6. The van der Waals surface area contributed by atoms with Crippen molar-refractivity contribution in [1.82, 2.24) is 0 Å². The SMILES string of the molecule is COc1ccc(C(=O)ON=C2C=CC(=NOC(=O)c3ccccc3)C=C2)cc1OC. The van der Waals surface area contributed by atoms with Crippen LogP contribution in [0.5, 0.6) is 11.5 Å². The zero-order valence-corrected chi connectivity index (χ0v) is 16.3. The van der Waals surface area contributed by atoms with Crippen LogP contribution in [0.3, 0.4) is 0 Å². The van der Waals surface area contributed by atoms with E-state index < -0.39 is 11.9 Å². The molecule has 0 saturated carbocycles. The number of carbonyl (C=O) groups excluding carboxylic acids is 2. The fraction of sp³-hybridized carbons (Fsp3) is 0.0909. The smallest absolute Gasteiger partial charge is 0.365 e. The van der Waals surface area contributed by atoms with Gasteiger partial charge in [-0.1, -0.05) is 28.5 Å². The quantitative estimate of drug-likeness (QED) is 0.414. The topological polar surface area (TPSA) is 95.8 Å². The van der Waals surface area contributed by atoms with Gasteiger partial charge in [-0.2, -0.15) is 0 Å². The van der Waals surface area contributed by atoms with Gasteiger partial charge >= 0.3 is 11.9 Å². The zero-order valence-electron chi connectivity index (χ0n) is 16.3. The van der Waals surface area contributed by atoms with E-state index in [-0.39, 0.29) is 5.56 Å². The summed E-state index contributed by atoms with van der Waals surface area (Å²) in [5.74, 6) is -0.309. The Kier molecular flexibility index (Phi) is 6.73. The Labute approximate surface area is 172 Å². The first kappa shape index (κ1) is 20.5. The van der Waals surface area contributed by atoms with Gasteiger partial charge in [0.1, 0.15) is 11.4 Å². The molecular weight excluding hydrogens is 388 g/mol. The molecule has 0 atom stereocenters. The summed E-state index contributed by atoms with van der Waals surface area (Å²) in [5.41, 5.74) is 1.45. The Bertz CT molecular complexity index is 1040. The molecule has 0 heterocycles. The lowest BCUT2D eigenvalue weighted by Crippen LogP contribution is -2.07. The molecule has 0 unspecified atom stereocenters. The molecule has 0 N–H and O–H groups in total. The van der Waals surface area contributed by atoms with Gasteiger partial charge in [-0.3, -0.25) is 0 Å². The van der Waals surface area contributed by atoms with E-state index in [1.165, 1.54) is 20.3 Å². The Morgan fingerprint density at radius 3 is 1.73 bits per heavy atom. The van der Waals surface area contributed by atoms with Crippen LogP contribution in [0.4, 0.5) is 0 Å². The molecule has 0 bridgehead atoms. The number of allylic oxidation sites excluding steroid dienone is 4. The number of methoxy groups -OCH3 is 2. The van der Waals surface area contributed by atoms with Crippen LogP contribution in [-0.2, 0) is 9.68 Å². The van der Waals surface area contributed by atoms with Gasteiger partial charge in [0.05, 0.1) is 25.3 Å². The summed E-state index contributed by atoms with van der Waals surface area (Å²) in [4.78, 5) is 33.9. The molecule has 3 rings (SSSR count). The summed E-state index contributed by atoms with van der Waals surface area (Å²) in [6.45, 7) is 0. The molecule has 0 spiro atoms. The average Bonchev–Trinajstić information content (AvgIpc) is 2.81. The number of rotatable bonds is 6. The summed E-state index contributed by atoms with van der Waals surface area (Å²) in [6.07, 6.45) is 6.27. The fourth-order valence-corrected chi connectivity index (χ4v) is 2.41. The molecule has 0 radical (unpaired) electrons. The van der Waals surface area contributed by atoms with Crippen LogP contribution >= 0.6 is 0 Å². The highest BCUT2D eigenvalue weighted by Crippen LogP contribution is 2.27. The Morgan fingerprint density at radius 1 is 0.667 bits per heavy atom. The van der Waals surface area contributed by atoms with Gasteiger partial charge in [-0.05, 0) is 54.6 Å². The Balaban J connectivity index is 1.58. The highest BCUT2D eigenvalue weighted by molar-refractivity contribution is 6.18. The van der Waals surface area contributed by atoms with E-state index in [9.17, 15) is 9.59 Å². The number of oxime groups is 2. The van der Waals surface area contributed by atoms with E-state index in [2.05, 4.69) is 10.3 Å². The third kappa shape index (κ3) is 5.20. The van der Waals surface area contributed by atoms with Crippen LogP contribution in [0.15, 0.2) is 83.1 Å². The highest BCUT2D eigenvalue weighted by atomic mass is 16.7. The number of benzene rings is 2. The first-order valence-electron chi connectivity index (χ1n) is 8.82. The van der Waals surface area contributed by atoms with Gasteiger partial charge in [-0.15, -0.1) is 0 Å². The van der Waals surface area contributed by atoms with Crippen molar-refractivity contribution < 1.29 is 28.7 Å². The van der Waals surface area contributed by atoms with Crippen molar-refractivity contribution in [3.8, 4) is 11.5 Å². The van der Waals surface area contributed by atoms with Crippen molar-refractivity contribution >= 4 is 23.4 Å². The Morgan fingerprint density at radius 2 is 1.20 bits per heavy atom. The molecule has 0 fully saturated rings. The summed E-state index contributed by atoms with van der Waals surface area (Å²) < 4.78 is 10.3. The van der Waals surface area contributed by atoms with Crippen molar-refractivity contribution in [2.45, 2.75) is 0 Å². The molecule has 2 aromatic rings. The number of carbonyl (C=O) groups is 2. The van der Waals surface area contributed by atoms with E-state index >= 15 is 0 Å². The third-order valence-corrected chi connectivity index (χ3v) is 3.95. The van der Waals surface area contributed by atoms with Gasteiger partial charge in [0.25, 0.3) is 0 Å². The molecule has 1 aliphatic rings. The zero-order chi connectivity index (χ0) is 21.3. The number of hydrogen-bond donors (Lipinski definition) is 0. The van der Waals surface area contributed by atoms with Crippen molar-refractivity contribution in [3.63, 3.8) is 0 Å². The van der Waals surface area contributed by atoms with E-state index in [1.54, 1.807) is 66.8 Å². The van der Waals surface area contributed by atoms with Crippen LogP contribution in [0, 0.1) is 0 Å². The first-order chi connectivity index (χ1) is 14.6. The predicted molar refractivity (Wildman–Crippen MR) is 110 cm³/mol. The van der Waals surface area contributed by atoms with Gasteiger partial charge in [0.15, 0.2) is 11.5 Å². The van der Waals surface area contributed by atoms with E-state index in [1.807, 2.05) is 0 Å². The summed E-state index contributed by atoms with van der Waals surface area (Å²) in [7, 11) is 2.98. The molecule has 0 aliphatic heterocycles. The average molecular weight is 406 g/mol. The lowest BCUT2D eigenvalue weighted by atomic mass is 10.1. The molecule has 2 aromatic carbocycles. The monoisotopic (exact) mass is 406 g/mol. The maximum atomic E-state index is 12.2. The van der Waals surface area contributed by atoms with Crippen LogP contribution in [0.25, 0.3) is 0 Å². The summed E-state index contributed by atoms with van der Waals surface area (Å²) in [6, 6.07) is 13.2. The highest BCUT2D eigenvalue weighted by Gasteiger charge is 2.13. The second-order valence-corrected chi connectivity index (χ2v) is 5.89. The molecule has 0 aromatic heterocycles. The van der Waals surface area contributed by atoms with Crippen LogP contribution in [0.1, 0.15) is 20.7 Å². The third-order valence-electron chi connectivity index (χ3n) is 3.95. The largest absolute Gasteiger partial charge is 0.493 e. The number of ether oxygens (including phenoxy) is 2. The maximum Gasteiger partial charge on any atom is 0.365 e. The number of hydrogen-bond acceptors (Lipinski definition) is 8. The second kappa shape index (κ2) is 9.83. The molecule has 1 aliphatic carbocycles. The standard InChI is InChI=1S/C22H18N2O6/c1-27-19-13-8-16(14-20(19)28-2)22(26)30-24-18-11-9-17(10-12-18)23-29-21(25)15-6-4-3-5-7-15/h3-14H,1-2H3. The van der Waals surface area contributed by atoms with Crippen LogP contribution < -0.4 is 9.47 Å². The second-order valence-electron chi connectivity index (χ2n) is 5.89. The predicted octanol–water partition coefficient (Wildman–Crippen LogP) is 3.56. The van der Waals surface area contributed by atoms with Crippen molar-refractivity contribution in [2.24, 2.45) is 10.3 Å². The number of nitrogens with zero attached hydrogens (tertiary/aromatic N) is 2. The van der Waals surface area contributed by atoms with Crippen molar-refractivity contribution in [3.05, 3.63) is 84.0 Å². The maximum absolute atomic E-state index is 12.2. The first-order valence-corrected chi connectivity index (χ1v) is 8.82. The van der Waals surface area contributed by atoms with E-state index in [4.69, 9.17) is 19.1 Å². The van der Waals surface area contributed by atoms with Gasteiger partial charge in [0, 0.05) is 0 Å². The molecule has 8 nitrogen and oxygen atoms in total.